The molecular weight excluding hydrogens is 424 g/mol. The molecule has 4 aliphatic rings. The molecule has 0 radical (unpaired) electrons. The van der Waals surface area contributed by atoms with E-state index in [1.165, 1.54) is 103 Å². The first kappa shape index (κ1) is 25.8. The third-order valence-corrected chi connectivity index (χ3v) is 9.14. The fourth-order valence-corrected chi connectivity index (χ4v) is 6.84. The van der Waals surface area contributed by atoms with Gasteiger partial charge in [0.25, 0.3) is 0 Å². The van der Waals surface area contributed by atoms with Crippen molar-refractivity contribution >= 4 is 5.97 Å². The molecule has 0 aromatic heterocycles. The molecule has 4 fully saturated rings. The Balaban J connectivity index is 1.05. The Hall–Kier alpha value is -1.29. The summed E-state index contributed by atoms with van der Waals surface area (Å²) >= 11 is 0. The van der Waals surface area contributed by atoms with Crippen molar-refractivity contribution in [2.45, 2.75) is 122 Å². The highest BCUT2D eigenvalue weighted by atomic mass is 16.7. The lowest BCUT2D eigenvalue weighted by Gasteiger charge is -2.36. The van der Waals surface area contributed by atoms with Gasteiger partial charge in [-0.2, -0.15) is 0 Å². The van der Waals surface area contributed by atoms with Crippen molar-refractivity contribution in [3.63, 3.8) is 0 Å². The van der Waals surface area contributed by atoms with Crippen molar-refractivity contribution in [2.75, 3.05) is 6.79 Å². The van der Waals surface area contributed by atoms with E-state index in [0.717, 1.165) is 24.7 Å². The van der Waals surface area contributed by atoms with Crippen LogP contribution in [0.25, 0.3) is 0 Å². The number of carbonyl (C=O) groups excluding carboxylic acids is 1. The molecule has 0 aliphatic heterocycles. The summed E-state index contributed by atoms with van der Waals surface area (Å²) in [5.41, 5.74) is 0. The molecule has 34 heavy (non-hydrogen) atoms. The molecule has 4 heteroatoms. The van der Waals surface area contributed by atoms with E-state index in [4.69, 9.17) is 14.2 Å². The fraction of sp³-hybridized carbons (Fsp3) is 0.833. The molecule has 4 nitrogen and oxygen atoms in total. The Morgan fingerprint density at radius 1 is 0.618 bits per heavy atom. The number of rotatable bonds is 9. The first-order valence-corrected chi connectivity index (χ1v) is 14.5. The van der Waals surface area contributed by atoms with E-state index in [1.54, 1.807) is 6.26 Å². The van der Waals surface area contributed by atoms with Gasteiger partial charge in [-0.05, 0) is 113 Å². The lowest BCUT2D eigenvalue weighted by atomic mass is 9.69. The van der Waals surface area contributed by atoms with E-state index in [0.29, 0.717) is 24.7 Å². The smallest absolute Gasteiger partial charge is 0.313 e. The molecule has 0 saturated heterocycles. The lowest BCUT2D eigenvalue weighted by Crippen LogP contribution is -2.25. The summed E-state index contributed by atoms with van der Waals surface area (Å²) in [4.78, 5) is 12.2. The summed E-state index contributed by atoms with van der Waals surface area (Å²) in [5.74, 6) is 3.18. The monoisotopic (exact) mass is 472 g/mol. The highest BCUT2D eigenvalue weighted by Gasteiger charge is 2.30. The zero-order valence-corrected chi connectivity index (χ0v) is 21.3. The van der Waals surface area contributed by atoms with Gasteiger partial charge in [0.1, 0.15) is 0 Å². The van der Waals surface area contributed by atoms with Crippen LogP contribution in [0.3, 0.4) is 0 Å². The van der Waals surface area contributed by atoms with Crippen LogP contribution >= 0.6 is 0 Å². The van der Waals surface area contributed by atoms with Gasteiger partial charge in [-0.25, -0.2) is 0 Å². The maximum atomic E-state index is 12.2. The Bertz CT molecular complexity index is 628. The van der Waals surface area contributed by atoms with Crippen LogP contribution in [-0.2, 0) is 19.0 Å². The molecule has 0 N–H and O–H groups in total. The van der Waals surface area contributed by atoms with Gasteiger partial charge in [0.15, 0.2) is 6.79 Å². The minimum Gasteiger partial charge on any atom is -0.475 e. The van der Waals surface area contributed by atoms with Gasteiger partial charge in [0.05, 0.1) is 24.5 Å². The van der Waals surface area contributed by atoms with Crippen molar-refractivity contribution < 1.29 is 19.0 Å². The summed E-state index contributed by atoms with van der Waals surface area (Å²) in [6, 6.07) is 0. The van der Waals surface area contributed by atoms with Crippen molar-refractivity contribution in [2.24, 2.45) is 29.6 Å². The van der Waals surface area contributed by atoms with Gasteiger partial charge >= 0.3 is 5.97 Å². The van der Waals surface area contributed by atoms with E-state index in [-0.39, 0.29) is 11.9 Å². The number of carbonyl (C=O) groups is 1. The van der Waals surface area contributed by atoms with E-state index in [2.05, 4.69) is 12.2 Å². The molecule has 0 heterocycles. The highest BCUT2D eigenvalue weighted by Crippen LogP contribution is 2.42. The largest absolute Gasteiger partial charge is 0.475 e. The average Bonchev–Trinajstić information content (AvgIpc) is 2.90. The SMILES string of the molecule is O=C(OC=CC1CCC(C2CCC(C=COCOC3CCCCC3)CC2)CC1)C1CCCCC1. The first-order chi connectivity index (χ1) is 16.8. The van der Waals surface area contributed by atoms with Crippen LogP contribution in [0.15, 0.2) is 24.7 Å². The predicted molar refractivity (Wildman–Crippen MR) is 136 cm³/mol. The maximum Gasteiger partial charge on any atom is 0.313 e. The van der Waals surface area contributed by atoms with Gasteiger partial charge in [-0.15, -0.1) is 0 Å². The van der Waals surface area contributed by atoms with Crippen LogP contribution in [0.5, 0.6) is 0 Å². The number of ether oxygens (including phenoxy) is 3. The van der Waals surface area contributed by atoms with Gasteiger partial charge in [0, 0.05) is 0 Å². The third kappa shape index (κ3) is 8.43. The van der Waals surface area contributed by atoms with Crippen LogP contribution in [0, 0.1) is 29.6 Å². The standard InChI is InChI=1S/C30H48O4/c31-30(28-7-3-1-4-8-28)33-22-20-25-13-17-27(18-14-25)26-15-11-24(12-16-26)19-21-32-23-34-29-9-5-2-6-10-29/h19-22,24-29H,1-18,23H2. The zero-order chi connectivity index (χ0) is 23.4. The molecule has 0 unspecified atom stereocenters. The van der Waals surface area contributed by atoms with Crippen LogP contribution in [0.2, 0.25) is 0 Å². The van der Waals surface area contributed by atoms with E-state index in [9.17, 15) is 4.79 Å². The second-order valence-electron chi connectivity index (χ2n) is 11.5. The second-order valence-corrected chi connectivity index (χ2v) is 11.5. The number of hydrogen-bond donors (Lipinski definition) is 0. The molecule has 192 valence electrons. The quantitative estimate of drug-likeness (QED) is 0.147. The van der Waals surface area contributed by atoms with Crippen LogP contribution < -0.4 is 0 Å². The average molecular weight is 473 g/mol. The second kappa shape index (κ2) is 14.3. The summed E-state index contributed by atoms with van der Waals surface area (Å²) < 4.78 is 16.9. The minimum absolute atomic E-state index is 0.00223. The van der Waals surface area contributed by atoms with E-state index >= 15 is 0 Å². The maximum absolute atomic E-state index is 12.2. The molecule has 4 saturated carbocycles. The Kier molecular flexibility index (Phi) is 10.9. The molecule has 0 spiro atoms. The van der Waals surface area contributed by atoms with Gasteiger partial charge in [-0.3, -0.25) is 4.79 Å². The molecule has 0 bridgehead atoms. The van der Waals surface area contributed by atoms with Crippen LogP contribution in [-0.4, -0.2) is 18.9 Å². The predicted octanol–water partition coefficient (Wildman–Crippen LogP) is 8.07. The molecule has 4 aliphatic carbocycles. The fourth-order valence-electron chi connectivity index (χ4n) is 6.84. The summed E-state index contributed by atoms with van der Waals surface area (Å²) in [6.45, 7) is 0.411. The Morgan fingerprint density at radius 2 is 1.15 bits per heavy atom. The van der Waals surface area contributed by atoms with Crippen LogP contribution in [0.1, 0.15) is 116 Å². The molecular formula is C30H48O4. The molecule has 4 rings (SSSR count). The number of allylic oxidation sites excluding steroid dienone is 2. The Morgan fingerprint density at radius 3 is 1.74 bits per heavy atom. The zero-order valence-electron chi connectivity index (χ0n) is 21.3. The van der Waals surface area contributed by atoms with E-state index < -0.39 is 0 Å². The lowest BCUT2D eigenvalue weighted by molar-refractivity contribution is -0.143. The normalized spacial score (nSPS) is 32.2. The highest BCUT2D eigenvalue weighted by molar-refractivity contribution is 5.73. The van der Waals surface area contributed by atoms with Gasteiger partial charge < -0.3 is 14.2 Å². The number of esters is 1. The first-order valence-electron chi connectivity index (χ1n) is 14.5. The summed E-state index contributed by atoms with van der Waals surface area (Å²) in [6.07, 6.45) is 30.9. The topological polar surface area (TPSA) is 44.8 Å². The minimum atomic E-state index is -0.00223. The van der Waals surface area contributed by atoms with Crippen molar-refractivity contribution in [3.8, 4) is 0 Å². The van der Waals surface area contributed by atoms with Gasteiger partial charge in [0.2, 0.25) is 0 Å². The summed E-state index contributed by atoms with van der Waals surface area (Å²) in [7, 11) is 0. The molecule has 0 atom stereocenters. The van der Waals surface area contributed by atoms with E-state index in [1.807, 2.05) is 6.26 Å². The molecule has 0 amide bonds. The van der Waals surface area contributed by atoms with Crippen molar-refractivity contribution in [1.29, 1.82) is 0 Å². The van der Waals surface area contributed by atoms with Crippen LogP contribution in [0.4, 0.5) is 0 Å². The molecule has 0 aromatic carbocycles. The van der Waals surface area contributed by atoms with Crippen molar-refractivity contribution in [1.82, 2.24) is 0 Å². The summed E-state index contributed by atoms with van der Waals surface area (Å²) in [5, 5.41) is 0. The van der Waals surface area contributed by atoms with Crippen molar-refractivity contribution in [3.05, 3.63) is 24.7 Å². The third-order valence-electron chi connectivity index (χ3n) is 9.14. The number of hydrogen-bond acceptors (Lipinski definition) is 4. The molecule has 0 aromatic rings. The Labute approximate surface area is 207 Å². The van der Waals surface area contributed by atoms with Gasteiger partial charge in [-0.1, -0.05) is 38.5 Å².